The Labute approximate surface area is 103 Å². The molecule has 0 saturated heterocycles. The number of nitrogen functional groups attached to an aromatic ring is 1. The number of rotatable bonds is 5. The SMILES string of the molecule is CCCC(C)COC(=O)c1cc(C)cc(N)c1. The van der Waals surface area contributed by atoms with Crippen LogP contribution in [0.3, 0.4) is 0 Å². The van der Waals surface area contributed by atoms with Crippen molar-refractivity contribution in [2.45, 2.75) is 33.6 Å². The van der Waals surface area contributed by atoms with Gasteiger partial charge in [-0.25, -0.2) is 4.79 Å². The van der Waals surface area contributed by atoms with Crippen LogP contribution in [0.1, 0.15) is 42.6 Å². The minimum Gasteiger partial charge on any atom is -0.462 e. The highest BCUT2D eigenvalue weighted by Crippen LogP contribution is 2.13. The lowest BCUT2D eigenvalue weighted by atomic mass is 10.1. The quantitative estimate of drug-likeness (QED) is 0.630. The molecule has 0 bridgehead atoms. The van der Waals surface area contributed by atoms with Crippen LogP contribution in [-0.4, -0.2) is 12.6 Å². The fourth-order valence-electron chi connectivity index (χ4n) is 1.81. The molecule has 3 heteroatoms. The summed E-state index contributed by atoms with van der Waals surface area (Å²) in [5.74, 6) is 0.120. The molecule has 0 aliphatic heterocycles. The van der Waals surface area contributed by atoms with E-state index >= 15 is 0 Å². The van der Waals surface area contributed by atoms with Crippen LogP contribution in [0.5, 0.6) is 0 Å². The Balaban J connectivity index is 2.58. The van der Waals surface area contributed by atoms with Gasteiger partial charge in [-0.2, -0.15) is 0 Å². The number of benzene rings is 1. The molecule has 1 aromatic carbocycles. The average molecular weight is 235 g/mol. The van der Waals surface area contributed by atoms with Crippen molar-refractivity contribution in [1.82, 2.24) is 0 Å². The number of aryl methyl sites for hydroxylation is 1. The largest absolute Gasteiger partial charge is 0.462 e. The normalized spacial score (nSPS) is 12.2. The van der Waals surface area contributed by atoms with Gasteiger partial charge in [0.05, 0.1) is 12.2 Å². The van der Waals surface area contributed by atoms with E-state index in [1.807, 2.05) is 13.0 Å². The molecule has 0 heterocycles. The zero-order chi connectivity index (χ0) is 12.8. The van der Waals surface area contributed by atoms with Crippen LogP contribution in [0.2, 0.25) is 0 Å². The maximum absolute atomic E-state index is 11.8. The molecule has 1 aromatic rings. The van der Waals surface area contributed by atoms with Crippen molar-refractivity contribution in [3.8, 4) is 0 Å². The fourth-order valence-corrected chi connectivity index (χ4v) is 1.81. The number of ether oxygens (including phenoxy) is 1. The van der Waals surface area contributed by atoms with Crippen molar-refractivity contribution in [2.75, 3.05) is 12.3 Å². The van der Waals surface area contributed by atoms with Crippen LogP contribution in [0.4, 0.5) is 5.69 Å². The van der Waals surface area contributed by atoms with Crippen LogP contribution in [0.15, 0.2) is 18.2 Å². The zero-order valence-electron chi connectivity index (χ0n) is 10.8. The minimum absolute atomic E-state index is 0.289. The summed E-state index contributed by atoms with van der Waals surface area (Å²) >= 11 is 0. The molecule has 2 N–H and O–H groups in total. The number of anilines is 1. The van der Waals surface area contributed by atoms with E-state index in [4.69, 9.17) is 10.5 Å². The van der Waals surface area contributed by atoms with Gasteiger partial charge in [0.25, 0.3) is 0 Å². The van der Waals surface area contributed by atoms with Gasteiger partial charge in [-0.1, -0.05) is 20.3 Å². The lowest BCUT2D eigenvalue weighted by Crippen LogP contribution is -2.12. The zero-order valence-corrected chi connectivity index (χ0v) is 10.8. The Morgan fingerprint density at radius 3 is 2.71 bits per heavy atom. The van der Waals surface area contributed by atoms with E-state index in [1.165, 1.54) is 0 Å². The lowest BCUT2D eigenvalue weighted by Gasteiger charge is -2.11. The van der Waals surface area contributed by atoms with E-state index in [2.05, 4.69) is 13.8 Å². The van der Waals surface area contributed by atoms with Crippen LogP contribution < -0.4 is 5.73 Å². The molecule has 0 aliphatic rings. The highest BCUT2D eigenvalue weighted by atomic mass is 16.5. The second-order valence-electron chi connectivity index (χ2n) is 4.62. The Morgan fingerprint density at radius 1 is 1.41 bits per heavy atom. The summed E-state index contributed by atoms with van der Waals surface area (Å²) in [5.41, 5.74) is 7.79. The van der Waals surface area contributed by atoms with Crippen LogP contribution in [-0.2, 0) is 4.74 Å². The van der Waals surface area contributed by atoms with E-state index in [1.54, 1.807) is 12.1 Å². The smallest absolute Gasteiger partial charge is 0.338 e. The van der Waals surface area contributed by atoms with Crippen LogP contribution >= 0.6 is 0 Å². The second-order valence-corrected chi connectivity index (χ2v) is 4.62. The number of nitrogens with two attached hydrogens (primary N) is 1. The number of carbonyl (C=O) groups is 1. The topological polar surface area (TPSA) is 52.3 Å². The van der Waals surface area contributed by atoms with Crippen molar-refractivity contribution in [3.63, 3.8) is 0 Å². The summed E-state index contributed by atoms with van der Waals surface area (Å²) in [6, 6.07) is 5.28. The van der Waals surface area contributed by atoms with Crippen molar-refractivity contribution in [1.29, 1.82) is 0 Å². The molecule has 0 spiro atoms. The Kier molecular flexibility index (Phi) is 5.01. The first kappa shape index (κ1) is 13.6. The predicted octanol–water partition coefficient (Wildman–Crippen LogP) is 3.17. The second kappa shape index (κ2) is 6.28. The van der Waals surface area contributed by atoms with Crippen molar-refractivity contribution < 1.29 is 9.53 Å². The summed E-state index contributed by atoms with van der Waals surface area (Å²) < 4.78 is 5.26. The maximum Gasteiger partial charge on any atom is 0.338 e. The van der Waals surface area contributed by atoms with Gasteiger partial charge in [0.1, 0.15) is 0 Å². The van der Waals surface area contributed by atoms with Gasteiger partial charge in [-0.3, -0.25) is 0 Å². The average Bonchev–Trinajstić information content (AvgIpc) is 2.25. The molecule has 0 fully saturated rings. The monoisotopic (exact) mass is 235 g/mol. The van der Waals surface area contributed by atoms with E-state index < -0.39 is 0 Å². The molecule has 0 saturated carbocycles. The number of hydrogen-bond donors (Lipinski definition) is 1. The summed E-state index contributed by atoms with van der Waals surface area (Å²) in [5, 5.41) is 0. The van der Waals surface area contributed by atoms with Crippen molar-refractivity contribution in [3.05, 3.63) is 29.3 Å². The van der Waals surface area contributed by atoms with Crippen LogP contribution in [0, 0.1) is 12.8 Å². The first-order valence-electron chi connectivity index (χ1n) is 6.07. The van der Waals surface area contributed by atoms with Gasteiger partial charge in [-0.15, -0.1) is 0 Å². The molecule has 1 unspecified atom stereocenters. The summed E-state index contributed by atoms with van der Waals surface area (Å²) in [6.07, 6.45) is 2.18. The lowest BCUT2D eigenvalue weighted by molar-refractivity contribution is 0.0443. The van der Waals surface area contributed by atoms with Gasteiger partial charge >= 0.3 is 5.97 Å². The van der Waals surface area contributed by atoms with Crippen molar-refractivity contribution >= 4 is 11.7 Å². The van der Waals surface area contributed by atoms with E-state index in [9.17, 15) is 4.79 Å². The number of carbonyl (C=O) groups excluding carboxylic acids is 1. The Morgan fingerprint density at radius 2 is 2.12 bits per heavy atom. The van der Waals surface area contributed by atoms with Gasteiger partial charge in [0, 0.05) is 5.69 Å². The van der Waals surface area contributed by atoms with E-state index in [0.29, 0.717) is 23.8 Å². The third-order valence-electron chi connectivity index (χ3n) is 2.62. The third-order valence-corrected chi connectivity index (χ3v) is 2.62. The van der Waals surface area contributed by atoms with Gasteiger partial charge in [-0.05, 0) is 43.0 Å². The standard InChI is InChI=1S/C14H21NO2/c1-4-5-10(2)9-17-14(16)12-6-11(3)7-13(15)8-12/h6-8,10H,4-5,9,15H2,1-3H3. The highest BCUT2D eigenvalue weighted by Gasteiger charge is 2.10. The summed E-state index contributed by atoms with van der Waals surface area (Å²) in [7, 11) is 0. The van der Waals surface area contributed by atoms with Gasteiger partial charge in [0.2, 0.25) is 0 Å². The van der Waals surface area contributed by atoms with Crippen molar-refractivity contribution in [2.24, 2.45) is 5.92 Å². The first-order chi connectivity index (χ1) is 8.02. The fraction of sp³-hybridized carbons (Fsp3) is 0.500. The molecular formula is C14H21NO2. The maximum atomic E-state index is 11.8. The molecule has 94 valence electrons. The molecule has 0 radical (unpaired) electrons. The molecule has 1 atom stereocenters. The molecule has 17 heavy (non-hydrogen) atoms. The molecule has 1 rings (SSSR count). The number of esters is 1. The first-order valence-corrected chi connectivity index (χ1v) is 6.07. The minimum atomic E-state index is -0.289. The molecule has 0 aliphatic carbocycles. The predicted molar refractivity (Wildman–Crippen MR) is 69.9 cm³/mol. The summed E-state index contributed by atoms with van der Waals surface area (Å²) in [6.45, 7) is 6.59. The van der Waals surface area contributed by atoms with Gasteiger partial charge in [0.15, 0.2) is 0 Å². The van der Waals surface area contributed by atoms with E-state index in [0.717, 1.165) is 18.4 Å². The van der Waals surface area contributed by atoms with Gasteiger partial charge < -0.3 is 10.5 Å². The van der Waals surface area contributed by atoms with Crippen LogP contribution in [0.25, 0.3) is 0 Å². The third kappa shape index (κ3) is 4.47. The molecule has 0 amide bonds. The highest BCUT2D eigenvalue weighted by molar-refractivity contribution is 5.90. The van der Waals surface area contributed by atoms with E-state index in [-0.39, 0.29) is 5.97 Å². The number of hydrogen-bond acceptors (Lipinski definition) is 3. The Bertz CT molecular complexity index is 368. The molecule has 0 aromatic heterocycles. The summed E-state index contributed by atoms with van der Waals surface area (Å²) in [4.78, 5) is 11.8. The Hall–Kier alpha value is -1.51. The molecule has 3 nitrogen and oxygen atoms in total. The molecular weight excluding hydrogens is 214 g/mol.